The van der Waals surface area contributed by atoms with Gasteiger partial charge in [0, 0.05) is 51.3 Å². The van der Waals surface area contributed by atoms with Crippen LogP contribution in [0, 0.1) is 0 Å². The van der Waals surface area contributed by atoms with Crippen molar-refractivity contribution in [2.45, 2.75) is 6.54 Å². The third kappa shape index (κ3) is 3.80. The fourth-order valence-electron chi connectivity index (χ4n) is 3.11. The van der Waals surface area contributed by atoms with Crippen LogP contribution in [0.25, 0.3) is 22.2 Å². The third-order valence-electron chi connectivity index (χ3n) is 4.79. The molecule has 0 unspecified atom stereocenters. The molecule has 0 bridgehead atoms. The molecular weight excluding hydrogens is 364 g/mol. The zero-order valence-electron chi connectivity index (χ0n) is 16.6. The molecule has 4 rings (SSSR count). The number of nitrogens with zero attached hydrogens (tertiary/aromatic N) is 5. The van der Waals surface area contributed by atoms with E-state index in [-0.39, 0.29) is 5.56 Å². The van der Waals surface area contributed by atoms with Crippen molar-refractivity contribution in [2.24, 2.45) is 7.05 Å². The Bertz CT molecular complexity index is 1200. The molecule has 146 valence electrons. The van der Waals surface area contributed by atoms with Gasteiger partial charge in [-0.25, -0.2) is 9.97 Å². The van der Waals surface area contributed by atoms with Gasteiger partial charge in [0.25, 0.3) is 5.56 Å². The van der Waals surface area contributed by atoms with Crippen LogP contribution in [-0.4, -0.2) is 33.6 Å². The monoisotopic (exact) mass is 386 g/mol. The number of anilines is 2. The third-order valence-corrected chi connectivity index (χ3v) is 4.79. The second-order valence-corrected chi connectivity index (χ2v) is 7.06. The van der Waals surface area contributed by atoms with Crippen molar-refractivity contribution in [3.63, 3.8) is 0 Å². The number of hydrogen-bond acceptors (Lipinski definition) is 6. The van der Waals surface area contributed by atoms with Gasteiger partial charge in [0.05, 0.1) is 17.5 Å². The SMILES string of the molecule is CN(C)c1ccc(-c2cc3ncn(C)c(=O)c3c(NCc3ccncc3)n2)cc1. The number of fused-ring (bicyclic) bond motifs is 1. The van der Waals surface area contributed by atoms with Crippen LogP contribution < -0.4 is 15.8 Å². The molecular formula is C22H22N6O. The van der Waals surface area contributed by atoms with E-state index in [1.807, 2.05) is 61.5 Å². The zero-order valence-corrected chi connectivity index (χ0v) is 16.6. The lowest BCUT2D eigenvalue weighted by molar-refractivity contribution is 0.842. The van der Waals surface area contributed by atoms with Crippen molar-refractivity contribution in [1.82, 2.24) is 19.5 Å². The van der Waals surface area contributed by atoms with Crippen LogP contribution in [0.15, 0.2) is 66.0 Å². The summed E-state index contributed by atoms with van der Waals surface area (Å²) in [5.74, 6) is 0.527. The van der Waals surface area contributed by atoms with E-state index in [0.717, 1.165) is 22.5 Å². The van der Waals surface area contributed by atoms with Gasteiger partial charge < -0.3 is 14.8 Å². The summed E-state index contributed by atoms with van der Waals surface area (Å²) >= 11 is 0. The van der Waals surface area contributed by atoms with Crippen LogP contribution in [0.5, 0.6) is 0 Å². The topological polar surface area (TPSA) is 75.9 Å². The molecule has 4 aromatic rings. The van der Waals surface area contributed by atoms with Crippen molar-refractivity contribution in [3.05, 3.63) is 77.1 Å². The Hall–Kier alpha value is -3.74. The van der Waals surface area contributed by atoms with Crippen molar-refractivity contribution >= 4 is 22.4 Å². The van der Waals surface area contributed by atoms with Gasteiger partial charge in [-0.05, 0) is 35.9 Å². The highest BCUT2D eigenvalue weighted by atomic mass is 16.1. The largest absolute Gasteiger partial charge is 0.378 e. The average Bonchev–Trinajstić information content (AvgIpc) is 2.75. The summed E-state index contributed by atoms with van der Waals surface area (Å²) in [6, 6.07) is 13.9. The number of rotatable bonds is 5. The molecule has 3 heterocycles. The van der Waals surface area contributed by atoms with Gasteiger partial charge in [-0.3, -0.25) is 9.78 Å². The first-order valence-corrected chi connectivity index (χ1v) is 9.30. The number of nitrogens with one attached hydrogen (secondary N) is 1. The van der Waals surface area contributed by atoms with E-state index in [1.54, 1.807) is 19.4 Å². The van der Waals surface area contributed by atoms with E-state index >= 15 is 0 Å². The standard InChI is InChI=1S/C22H22N6O/c1-27(2)17-6-4-16(5-7-17)18-12-19-20(22(29)28(3)14-25-19)21(26-18)24-13-15-8-10-23-11-9-15/h4-12,14H,13H2,1-3H3,(H,24,26). The first kappa shape index (κ1) is 18.6. The van der Waals surface area contributed by atoms with E-state index in [2.05, 4.69) is 15.3 Å². The normalized spacial score (nSPS) is 10.9. The predicted molar refractivity (Wildman–Crippen MR) is 116 cm³/mol. The maximum atomic E-state index is 12.8. The highest BCUT2D eigenvalue weighted by molar-refractivity contribution is 5.91. The lowest BCUT2D eigenvalue weighted by Crippen LogP contribution is -2.19. The summed E-state index contributed by atoms with van der Waals surface area (Å²) in [6.45, 7) is 0.533. The molecule has 29 heavy (non-hydrogen) atoms. The van der Waals surface area contributed by atoms with Gasteiger partial charge in [-0.2, -0.15) is 0 Å². The van der Waals surface area contributed by atoms with Gasteiger partial charge in [0.1, 0.15) is 11.2 Å². The number of pyridine rings is 2. The molecule has 7 heteroatoms. The van der Waals surface area contributed by atoms with Crippen molar-refractivity contribution in [1.29, 1.82) is 0 Å². The summed E-state index contributed by atoms with van der Waals surface area (Å²) < 4.78 is 1.47. The van der Waals surface area contributed by atoms with E-state index in [1.165, 1.54) is 10.9 Å². The van der Waals surface area contributed by atoms with Crippen LogP contribution in [-0.2, 0) is 13.6 Å². The number of hydrogen-bond donors (Lipinski definition) is 1. The molecule has 0 aliphatic heterocycles. The minimum absolute atomic E-state index is 0.130. The van der Waals surface area contributed by atoms with Gasteiger partial charge in [0.15, 0.2) is 0 Å². The summed E-state index contributed by atoms with van der Waals surface area (Å²) in [5, 5.41) is 3.80. The summed E-state index contributed by atoms with van der Waals surface area (Å²) in [5.41, 5.74) is 4.38. The molecule has 0 aliphatic carbocycles. The molecule has 0 amide bonds. The van der Waals surface area contributed by atoms with Crippen LogP contribution in [0.2, 0.25) is 0 Å². The van der Waals surface area contributed by atoms with Crippen molar-refractivity contribution in [2.75, 3.05) is 24.3 Å². The number of aromatic nitrogens is 4. The van der Waals surface area contributed by atoms with Crippen LogP contribution in [0.4, 0.5) is 11.5 Å². The maximum absolute atomic E-state index is 12.8. The molecule has 0 aliphatic rings. The molecule has 0 saturated heterocycles. The van der Waals surface area contributed by atoms with Crippen molar-refractivity contribution < 1.29 is 0 Å². The Morgan fingerprint density at radius 2 is 1.79 bits per heavy atom. The Morgan fingerprint density at radius 1 is 1.07 bits per heavy atom. The Morgan fingerprint density at radius 3 is 2.48 bits per heavy atom. The van der Waals surface area contributed by atoms with E-state index in [9.17, 15) is 4.79 Å². The molecule has 7 nitrogen and oxygen atoms in total. The molecule has 0 atom stereocenters. The van der Waals surface area contributed by atoms with E-state index < -0.39 is 0 Å². The molecule has 1 aromatic carbocycles. The van der Waals surface area contributed by atoms with Crippen molar-refractivity contribution in [3.8, 4) is 11.3 Å². The lowest BCUT2D eigenvalue weighted by atomic mass is 10.1. The van der Waals surface area contributed by atoms with Gasteiger partial charge in [-0.1, -0.05) is 12.1 Å². The van der Waals surface area contributed by atoms with Crippen LogP contribution in [0.3, 0.4) is 0 Å². The fourth-order valence-corrected chi connectivity index (χ4v) is 3.11. The Kier molecular flexibility index (Phi) is 4.95. The molecule has 0 radical (unpaired) electrons. The quantitative estimate of drug-likeness (QED) is 0.568. The van der Waals surface area contributed by atoms with E-state index in [0.29, 0.717) is 23.3 Å². The highest BCUT2D eigenvalue weighted by Crippen LogP contribution is 2.26. The summed E-state index contributed by atoms with van der Waals surface area (Å²) in [4.78, 5) is 28.1. The second kappa shape index (κ2) is 7.71. The number of benzene rings is 1. The zero-order chi connectivity index (χ0) is 20.4. The minimum atomic E-state index is -0.130. The maximum Gasteiger partial charge on any atom is 0.264 e. The minimum Gasteiger partial charge on any atom is -0.378 e. The smallest absolute Gasteiger partial charge is 0.264 e. The lowest BCUT2D eigenvalue weighted by Gasteiger charge is -2.14. The fraction of sp³-hybridized carbons (Fsp3) is 0.182. The molecule has 0 fully saturated rings. The highest BCUT2D eigenvalue weighted by Gasteiger charge is 2.13. The van der Waals surface area contributed by atoms with Crippen LogP contribution in [0.1, 0.15) is 5.56 Å². The molecule has 0 spiro atoms. The summed E-state index contributed by atoms with van der Waals surface area (Å²) in [7, 11) is 5.70. The Labute approximate surface area is 168 Å². The van der Waals surface area contributed by atoms with Gasteiger partial charge >= 0.3 is 0 Å². The first-order chi connectivity index (χ1) is 14.0. The first-order valence-electron chi connectivity index (χ1n) is 9.30. The van der Waals surface area contributed by atoms with E-state index in [4.69, 9.17) is 4.98 Å². The number of aryl methyl sites for hydroxylation is 1. The summed E-state index contributed by atoms with van der Waals surface area (Å²) in [6.07, 6.45) is 5.02. The second-order valence-electron chi connectivity index (χ2n) is 7.06. The molecule has 0 saturated carbocycles. The van der Waals surface area contributed by atoms with Gasteiger partial charge in [-0.15, -0.1) is 0 Å². The molecule has 3 aromatic heterocycles. The van der Waals surface area contributed by atoms with Crippen LogP contribution >= 0.6 is 0 Å². The predicted octanol–water partition coefficient (Wildman–Crippen LogP) is 3.07. The van der Waals surface area contributed by atoms with Gasteiger partial charge in [0.2, 0.25) is 0 Å². The Balaban J connectivity index is 1.80. The molecule has 1 N–H and O–H groups in total. The average molecular weight is 386 g/mol.